The molecule has 0 saturated carbocycles. The highest BCUT2D eigenvalue weighted by molar-refractivity contribution is 5.69. The predicted molar refractivity (Wildman–Crippen MR) is 77.2 cm³/mol. The molecule has 0 fully saturated rings. The number of nitrogens with zero attached hydrogens (tertiary/aromatic N) is 3. The van der Waals surface area contributed by atoms with Crippen molar-refractivity contribution in [2.75, 3.05) is 7.11 Å². The highest BCUT2D eigenvalue weighted by Crippen LogP contribution is 2.33. The molecule has 1 aromatic carbocycles. The first-order valence-electron chi connectivity index (χ1n) is 6.42. The molecule has 0 aliphatic carbocycles. The van der Waals surface area contributed by atoms with Gasteiger partial charge in [-0.1, -0.05) is 18.2 Å². The van der Waals surface area contributed by atoms with Crippen LogP contribution < -0.4 is 4.74 Å². The van der Waals surface area contributed by atoms with Crippen molar-refractivity contribution in [1.82, 2.24) is 20.0 Å². The number of para-hydroxylation sites is 1. The molecule has 20 heavy (non-hydrogen) atoms. The number of benzene rings is 1. The number of nitrogens with one attached hydrogen (secondary N) is 1. The molecular formula is C15H16N4O. The third-order valence-electron chi connectivity index (χ3n) is 3.19. The first-order chi connectivity index (χ1) is 9.70. The number of ether oxygens (including phenoxy) is 1. The van der Waals surface area contributed by atoms with Crippen molar-refractivity contribution in [3.63, 3.8) is 0 Å². The number of rotatable bonds is 3. The Kier molecular flexibility index (Phi) is 3.02. The smallest absolute Gasteiger partial charge is 0.226 e. The molecule has 5 heteroatoms. The molecule has 0 unspecified atom stereocenters. The van der Waals surface area contributed by atoms with Crippen LogP contribution in [-0.2, 0) is 0 Å². The number of aromatic nitrogens is 4. The van der Waals surface area contributed by atoms with Gasteiger partial charge in [0, 0.05) is 0 Å². The maximum Gasteiger partial charge on any atom is 0.226 e. The highest BCUT2D eigenvalue weighted by atomic mass is 16.5. The van der Waals surface area contributed by atoms with E-state index in [1.807, 2.05) is 50.2 Å². The van der Waals surface area contributed by atoms with Gasteiger partial charge in [0.2, 0.25) is 5.88 Å². The van der Waals surface area contributed by atoms with Crippen molar-refractivity contribution in [2.45, 2.75) is 13.8 Å². The molecule has 2 aromatic heterocycles. The summed E-state index contributed by atoms with van der Waals surface area (Å²) in [6.07, 6.45) is 0. The van der Waals surface area contributed by atoms with Crippen molar-refractivity contribution in [2.24, 2.45) is 0 Å². The van der Waals surface area contributed by atoms with E-state index in [2.05, 4.69) is 15.3 Å². The van der Waals surface area contributed by atoms with Crippen LogP contribution in [0.3, 0.4) is 0 Å². The van der Waals surface area contributed by atoms with E-state index in [-0.39, 0.29) is 0 Å². The van der Waals surface area contributed by atoms with Gasteiger partial charge in [0.1, 0.15) is 0 Å². The monoisotopic (exact) mass is 268 g/mol. The SMILES string of the molecule is COc1c(-c2cc(C)n[nH]2)c(C)nn1-c1ccccc1. The quantitative estimate of drug-likeness (QED) is 0.794. The summed E-state index contributed by atoms with van der Waals surface area (Å²) in [5.41, 5.74) is 4.66. The fourth-order valence-electron chi connectivity index (χ4n) is 2.30. The minimum absolute atomic E-state index is 0.706. The Morgan fingerprint density at radius 3 is 2.50 bits per heavy atom. The maximum atomic E-state index is 5.57. The van der Waals surface area contributed by atoms with Crippen LogP contribution in [0.5, 0.6) is 5.88 Å². The van der Waals surface area contributed by atoms with E-state index in [1.165, 1.54) is 0 Å². The molecule has 0 aliphatic rings. The first kappa shape index (κ1) is 12.5. The van der Waals surface area contributed by atoms with Crippen molar-refractivity contribution in [3.05, 3.63) is 47.8 Å². The number of aromatic amines is 1. The van der Waals surface area contributed by atoms with Gasteiger partial charge in [0.25, 0.3) is 0 Å². The van der Waals surface area contributed by atoms with Gasteiger partial charge in [-0.3, -0.25) is 5.10 Å². The number of H-pyrrole nitrogens is 1. The van der Waals surface area contributed by atoms with Crippen LogP contribution in [-0.4, -0.2) is 27.1 Å². The van der Waals surface area contributed by atoms with Gasteiger partial charge < -0.3 is 4.74 Å². The average molecular weight is 268 g/mol. The van der Waals surface area contributed by atoms with E-state index in [0.717, 1.165) is 28.3 Å². The zero-order valence-electron chi connectivity index (χ0n) is 11.7. The molecule has 3 aromatic rings. The second kappa shape index (κ2) is 4.85. The Hall–Kier alpha value is -2.56. The summed E-state index contributed by atoms with van der Waals surface area (Å²) in [5, 5.41) is 11.8. The summed E-state index contributed by atoms with van der Waals surface area (Å²) < 4.78 is 7.37. The Morgan fingerprint density at radius 2 is 1.90 bits per heavy atom. The second-order valence-electron chi connectivity index (χ2n) is 4.64. The summed E-state index contributed by atoms with van der Waals surface area (Å²) in [7, 11) is 1.66. The maximum absolute atomic E-state index is 5.57. The van der Waals surface area contributed by atoms with E-state index >= 15 is 0 Å². The third kappa shape index (κ3) is 1.97. The van der Waals surface area contributed by atoms with Crippen LogP contribution in [0.15, 0.2) is 36.4 Å². The molecule has 0 bridgehead atoms. The molecule has 0 atom stereocenters. The molecule has 0 radical (unpaired) electrons. The minimum Gasteiger partial charge on any atom is -0.480 e. The molecule has 0 aliphatic heterocycles. The highest BCUT2D eigenvalue weighted by Gasteiger charge is 2.20. The Balaban J connectivity index is 2.20. The van der Waals surface area contributed by atoms with Crippen molar-refractivity contribution in [3.8, 4) is 22.8 Å². The van der Waals surface area contributed by atoms with Crippen molar-refractivity contribution < 1.29 is 4.74 Å². The molecule has 0 spiro atoms. The molecule has 1 N–H and O–H groups in total. The molecule has 2 heterocycles. The number of hydrogen-bond acceptors (Lipinski definition) is 3. The van der Waals surface area contributed by atoms with E-state index in [9.17, 15) is 0 Å². The van der Waals surface area contributed by atoms with Gasteiger partial charge in [-0.25, -0.2) is 4.68 Å². The third-order valence-corrected chi connectivity index (χ3v) is 3.19. The zero-order chi connectivity index (χ0) is 14.1. The van der Waals surface area contributed by atoms with Crippen LogP contribution >= 0.6 is 0 Å². The van der Waals surface area contributed by atoms with E-state index in [0.29, 0.717) is 5.88 Å². The number of methoxy groups -OCH3 is 1. The van der Waals surface area contributed by atoms with Gasteiger partial charge in [-0.05, 0) is 32.0 Å². The molecular weight excluding hydrogens is 252 g/mol. The summed E-state index contributed by atoms with van der Waals surface area (Å²) in [6.45, 7) is 3.91. The normalized spacial score (nSPS) is 10.8. The lowest BCUT2D eigenvalue weighted by Crippen LogP contribution is -1.99. The number of aryl methyl sites for hydroxylation is 2. The average Bonchev–Trinajstić information content (AvgIpc) is 3.02. The lowest BCUT2D eigenvalue weighted by atomic mass is 10.2. The summed E-state index contributed by atoms with van der Waals surface area (Å²) >= 11 is 0. The lowest BCUT2D eigenvalue weighted by Gasteiger charge is -2.07. The van der Waals surface area contributed by atoms with Crippen LogP contribution in [0.4, 0.5) is 0 Å². The van der Waals surface area contributed by atoms with Gasteiger partial charge in [-0.2, -0.15) is 10.2 Å². The summed E-state index contributed by atoms with van der Waals surface area (Å²) in [6, 6.07) is 11.9. The molecule has 102 valence electrons. The summed E-state index contributed by atoms with van der Waals surface area (Å²) in [4.78, 5) is 0. The standard InChI is InChI=1S/C15H16N4O/c1-10-9-13(17-16-10)14-11(2)18-19(15(14)20-3)12-7-5-4-6-8-12/h4-9H,1-3H3,(H,16,17). The molecule has 0 saturated heterocycles. The van der Waals surface area contributed by atoms with Crippen molar-refractivity contribution in [1.29, 1.82) is 0 Å². The van der Waals surface area contributed by atoms with Crippen LogP contribution in [0.1, 0.15) is 11.4 Å². The lowest BCUT2D eigenvalue weighted by molar-refractivity contribution is 0.385. The fraction of sp³-hybridized carbons (Fsp3) is 0.200. The van der Waals surface area contributed by atoms with Gasteiger partial charge in [-0.15, -0.1) is 0 Å². The molecule has 3 rings (SSSR count). The fourth-order valence-corrected chi connectivity index (χ4v) is 2.30. The van der Waals surface area contributed by atoms with Gasteiger partial charge in [0.15, 0.2) is 0 Å². The molecule has 0 amide bonds. The van der Waals surface area contributed by atoms with E-state index in [4.69, 9.17) is 4.74 Å². The second-order valence-corrected chi connectivity index (χ2v) is 4.64. The predicted octanol–water partition coefficient (Wildman–Crippen LogP) is 2.89. The van der Waals surface area contributed by atoms with Crippen LogP contribution in [0, 0.1) is 13.8 Å². The summed E-state index contributed by atoms with van der Waals surface area (Å²) in [5.74, 6) is 0.706. The van der Waals surface area contributed by atoms with Gasteiger partial charge >= 0.3 is 0 Å². The Labute approximate surface area is 117 Å². The topological polar surface area (TPSA) is 55.7 Å². The van der Waals surface area contributed by atoms with Crippen molar-refractivity contribution >= 4 is 0 Å². The Morgan fingerprint density at radius 1 is 1.15 bits per heavy atom. The zero-order valence-corrected chi connectivity index (χ0v) is 11.7. The van der Waals surface area contributed by atoms with E-state index in [1.54, 1.807) is 11.8 Å². The largest absolute Gasteiger partial charge is 0.480 e. The van der Waals surface area contributed by atoms with E-state index < -0.39 is 0 Å². The molecule has 5 nitrogen and oxygen atoms in total. The Bertz CT molecular complexity index is 728. The van der Waals surface area contributed by atoms with Gasteiger partial charge in [0.05, 0.1) is 35.4 Å². The first-order valence-corrected chi connectivity index (χ1v) is 6.42. The van der Waals surface area contributed by atoms with Crippen LogP contribution in [0.2, 0.25) is 0 Å². The van der Waals surface area contributed by atoms with Crippen LogP contribution in [0.25, 0.3) is 16.9 Å². The minimum atomic E-state index is 0.706. The number of hydrogen-bond donors (Lipinski definition) is 1.